The van der Waals surface area contributed by atoms with Crippen LogP contribution in [0.4, 0.5) is 70.8 Å². The first kappa shape index (κ1) is 52.4. The van der Waals surface area contributed by atoms with Gasteiger partial charge in [-0.2, -0.15) is 26.3 Å². The van der Waals surface area contributed by atoms with Crippen LogP contribution in [0.5, 0.6) is 11.5 Å². The molecule has 0 saturated carbocycles. The smallest absolute Gasteiger partial charge is 0.416 e. The Morgan fingerprint density at radius 3 is 1.61 bits per heavy atom. The van der Waals surface area contributed by atoms with Crippen LogP contribution in [0, 0.1) is 0 Å². The summed E-state index contributed by atoms with van der Waals surface area (Å²) in [4.78, 5) is 67.9. The minimum Gasteiger partial charge on any atom is -0.488 e. The number of alkyl halides is 6. The maximum absolute atomic E-state index is 13.4. The van der Waals surface area contributed by atoms with E-state index in [9.17, 15) is 41.0 Å². The van der Waals surface area contributed by atoms with Crippen LogP contribution in [-0.4, -0.2) is 145 Å². The van der Waals surface area contributed by atoms with Gasteiger partial charge in [0, 0.05) is 37.3 Å². The highest BCUT2D eigenvalue weighted by Crippen LogP contribution is 2.42. The standard InChI is InChI=1S/C26H26F3N7O4.C23H22F3N7O4/c1-25(2)39-14-19(40-25)13-38-18-9-31-23(32-10-18)34-24(37)36-17-6-7-35(12-17)20-11-30-21(33-22(20)36)15-4-3-5-16(8-15)26(27,28)29;24-23(25,26)14-3-1-2-13(6-14)19-27-9-18-20(30-19)33(15-4-5-32(18)10-15)22(36)31-21-28-7-17(8-29-21)37-12-16(35)11-34/h3-5,8-11,17,19H,6-7,12-14H2,1-2H3,(H,31,32,34,37);1-3,6-9,15-16,34-35H,4-5,10-12H2,(H,28,29,31,36)/t17-,19-;15-,16+/m00/s1. The van der Waals surface area contributed by atoms with Crippen molar-refractivity contribution < 1.29 is 65.1 Å². The average molecular weight is 1080 g/mol. The van der Waals surface area contributed by atoms with Gasteiger partial charge >= 0.3 is 24.4 Å². The van der Waals surface area contributed by atoms with Crippen LogP contribution in [0.15, 0.2) is 85.7 Å². The monoisotopic (exact) mass is 1070 g/mol. The lowest BCUT2D eigenvalue weighted by atomic mass is 10.1. The molecule has 4 amide bonds. The lowest BCUT2D eigenvalue weighted by molar-refractivity contribution is -0.141. The normalized spacial score (nSPS) is 19.4. The first-order chi connectivity index (χ1) is 36.8. The van der Waals surface area contributed by atoms with E-state index in [1.165, 1.54) is 65.0 Å². The largest absolute Gasteiger partial charge is 0.488 e. The van der Waals surface area contributed by atoms with Gasteiger partial charge in [-0.1, -0.05) is 24.3 Å². The quantitative estimate of drug-likeness (QED) is 0.102. The Labute approximate surface area is 434 Å². The molecular weight excluding hydrogens is 1030 g/mol. The number of halogens is 6. The number of hydrogen-bond acceptors (Lipinski definition) is 18. The van der Waals surface area contributed by atoms with Gasteiger partial charge in [-0.15, -0.1) is 0 Å². The Balaban J connectivity index is 0.000000175. The molecule has 4 atom stereocenters. The van der Waals surface area contributed by atoms with Crippen molar-refractivity contribution in [3.63, 3.8) is 0 Å². The number of fused-ring (bicyclic) bond motifs is 8. The number of aliphatic hydroxyl groups is 2. The van der Waals surface area contributed by atoms with Gasteiger partial charge in [0.05, 0.1) is 85.0 Å². The highest BCUT2D eigenvalue weighted by molar-refractivity contribution is 6.04. The molecule has 2 aromatic carbocycles. The van der Waals surface area contributed by atoms with Gasteiger partial charge in [-0.05, 0) is 51.0 Å². The number of nitrogens with zero attached hydrogens (tertiary/aromatic N) is 12. The Kier molecular flexibility index (Phi) is 14.4. The second-order valence-corrected chi connectivity index (χ2v) is 18.7. The number of ether oxygens (including phenoxy) is 4. The molecule has 404 valence electrons. The van der Waals surface area contributed by atoms with Crippen molar-refractivity contribution in [2.75, 3.05) is 82.8 Å². The van der Waals surface area contributed by atoms with E-state index in [1.54, 1.807) is 6.20 Å². The number of carbonyl (C=O) groups excluding carboxylic acids is 2. The van der Waals surface area contributed by atoms with Crippen LogP contribution in [0.25, 0.3) is 22.8 Å². The summed E-state index contributed by atoms with van der Waals surface area (Å²) in [6, 6.07) is 8.05. The fourth-order valence-corrected chi connectivity index (χ4v) is 9.20. The molecule has 0 aliphatic carbocycles. The number of urea groups is 2. The highest BCUT2D eigenvalue weighted by atomic mass is 19.4. The summed E-state index contributed by atoms with van der Waals surface area (Å²) in [5, 5.41) is 23.5. The number of aliphatic hydroxyl groups excluding tert-OH is 2. The lowest BCUT2D eigenvalue weighted by Gasteiger charge is -2.35. The SMILES string of the molecule is CC1(C)OC[C@H](COc2cnc(NC(=O)N3c4nc(-c5cccc(C(F)(F)F)c5)ncc4N4CC[C@H]3C4)nc2)O1.O=C(Nc1ncc(OC[C@H](O)CO)cn1)N1c2nc(-c3cccc(C(F)(F)F)c3)ncc2N2CC[C@H]1C2. The van der Waals surface area contributed by atoms with Gasteiger partial charge < -0.3 is 39.0 Å². The van der Waals surface area contributed by atoms with Gasteiger partial charge in [0.1, 0.15) is 25.4 Å². The number of amides is 4. The predicted molar refractivity (Wildman–Crippen MR) is 262 cm³/mol. The van der Waals surface area contributed by atoms with Crippen LogP contribution >= 0.6 is 0 Å². The molecule has 4 bridgehead atoms. The van der Waals surface area contributed by atoms with E-state index in [0.29, 0.717) is 68.6 Å². The van der Waals surface area contributed by atoms with E-state index in [4.69, 9.17) is 24.1 Å². The van der Waals surface area contributed by atoms with Crippen molar-refractivity contribution in [1.29, 1.82) is 0 Å². The Bertz CT molecular complexity index is 3120. The topological polar surface area (TPSA) is 252 Å². The Hall–Kier alpha value is -8.08. The molecule has 9 heterocycles. The summed E-state index contributed by atoms with van der Waals surface area (Å²) in [5.74, 6) is 0.791. The van der Waals surface area contributed by atoms with Gasteiger partial charge in [0.25, 0.3) is 0 Å². The first-order valence-corrected chi connectivity index (χ1v) is 24.1. The number of benzene rings is 2. The summed E-state index contributed by atoms with van der Waals surface area (Å²) in [6.45, 7) is 6.25. The molecule has 6 aromatic rings. The molecule has 5 aliphatic heterocycles. The zero-order valence-corrected chi connectivity index (χ0v) is 40.9. The van der Waals surface area contributed by atoms with Crippen molar-refractivity contribution in [2.45, 2.75) is 69.1 Å². The van der Waals surface area contributed by atoms with Gasteiger partial charge in [0.2, 0.25) is 11.9 Å². The Morgan fingerprint density at radius 2 is 1.18 bits per heavy atom. The molecule has 4 aromatic heterocycles. The third-order valence-corrected chi connectivity index (χ3v) is 12.9. The maximum Gasteiger partial charge on any atom is 0.416 e. The minimum atomic E-state index is -4.51. The summed E-state index contributed by atoms with van der Waals surface area (Å²) < 4.78 is 102. The number of aromatic nitrogens is 8. The molecule has 28 heteroatoms. The molecule has 0 unspecified atom stereocenters. The van der Waals surface area contributed by atoms with Crippen LogP contribution in [-0.2, 0) is 21.8 Å². The molecule has 0 radical (unpaired) electrons. The van der Waals surface area contributed by atoms with E-state index >= 15 is 0 Å². The summed E-state index contributed by atoms with van der Waals surface area (Å²) >= 11 is 0. The molecule has 11 rings (SSSR count). The first-order valence-electron chi connectivity index (χ1n) is 24.1. The van der Waals surface area contributed by atoms with Crippen LogP contribution in [0.2, 0.25) is 0 Å². The molecule has 0 spiro atoms. The fraction of sp³-hybridized carbons (Fsp3) is 0.388. The van der Waals surface area contributed by atoms with E-state index in [0.717, 1.165) is 24.3 Å². The highest BCUT2D eigenvalue weighted by Gasteiger charge is 2.43. The number of rotatable bonds is 11. The average Bonchev–Trinajstić information content (AvgIpc) is 4.14. The van der Waals surface area contributed by atoms with Gasteiger partial charge in [0.15, 0.2) is 40.6 Å². The molecule has 3 fully saturated rings. The molecule has 5 aliphatic rings. The molecule has 4 N–H and O–H groups in total. The van der Waals surface area contributed by atoms with Crippen molar-refractivity contribution in [3.8, 4) is 34.3 Å². The van der Waals surface area contributed by atoms with Crippen molar-refractivity contribution in [1.82, 2.24) is 39.9 Å². The zero-order valence-electron chi connectivity index (χ0n) is 40.9. The lowest BCUT2D eigenvalue weighted by Crippen LogP contribution is -2.48. The van der Waals surface area contributed by atoms with Crippen molar-refractivity contribution in [3.05, 3.63) is 96.8 Å². The van der Waals surface area contributed by atoms with Crippen LogP contribution < -0.4 is 39.7 Å². The molecule has 77 heavy (non-hydrogen) atoms. The third-order valence-electron chi connectivity index (χ3n) is 12.9. The van der Waals surface area contributed by atoms with E-state index in [2.05, 4.69) is 55.4 Å². The van der Waals surface area contributed by atoms with Crippen molar-refractivity contribution >= 4 is 47.0 Å². The predicted octanol–water partition coefficient (Wildman–Crippen LogP) is 6.43. The molecule has 22 nitrogen and oxygen atoms in total. The number of hydrogen-bond donors (Lipinski definition) is 4. The second-order valence-electron chi connectivity index (χ2n) is 18.7. The third kappa shape index (κ3) is 11.7. The second kappa shape index (κ2) is 21.2. The minimum absolute atomic E-state index is 0.00538. The maximum atomic E-state index is 13.4. The van der Waals surface area contributed by atoms with E-state index in [1.807, 2.05) is 18.7 Å². The van der Waals surface area contributed by atoms with Crippen LogP contribution in [0.3, 0.4) is 0 Å². The van der Waals surface area contributed by atoms with E-state index in [-0.39, 0.29) is 77.6 Å². The summed E-state index contributed by atoms with van der Waals surface area (Å²) in [7, 11) is 0. The van der Waals surface area contributed by atoms with Crippen LogP contribution in [0.1, 0.15) is 37.8 Å². The summed E-state index contributed by atoms with van der Waals surface area (Å²) in [6.07, 6.45) is -0.357. The number of nitrogens with one attached hydrogen (secondary N) is 2. The summed E-state index contributed by atoms with van der Waals surface area (Å²) in [5.41, 5.74) is -0.0150. The molecular formula is C49H48F6N14O8. The number of carbonyl (C=O) groups is 2. The van der Waals surface area contributed by atoms with Gasteiger partial charge in [-0.25, -0.2) is 49.5 Å². The van der Waals surface area contributed by atoms with E-state index < -0.39 is 54.0 Å². The Morgan fingerprint density at radius 1 is 0.714 bits per heavy atom. The van der Waals surface area contributed by atoms with Gasteiger partial charge in [-0.3, -0.25) is 20.4 Å². The fourth-order valence-electron chi connectivity index (χ4n) is 9.20. The number of anilines is 6. The molecule has 3 saturated heterocycles. The zero-order chi connectivity index (χ0) is 54.2. The van der Waals surface area contributed by atoms with Crippen molar-refractivity contribution in [2.24, 2.45) is 0 Å².